The van der Waals surface area contributed by atoms with E-state index in [2.05, 4.69) is 5.32 Å². The summed E-state index contributed by atoms with van der Waals surface area (Å²) in [4.78, 5) is 12.5. The van der Waals surface area contributed by atoms with Crippen molar-refractivity contribution < 1.29 is 22.7 Å². The van der Waals surface area contributed by atoms with Crippen molar-refractivity contribution in [2.75, 3.05) is 33.4 Å². The molecule has 1 fully saturated rings. The molecular formula is C18H27ClN2O5S. The summed E-state index contributed by atoms with van der Waals surface area (Å²) in [6.45, 7) is 5.05. The van der Waals surface area contributed by atoms with Crippen molar-refractivity contribution in [3.8, 4) is 5.75 Å². The highest BCUT2D eigenvalue weighted by molar-refractivity contribution is 7.89. The maximum absolute atomic E-state index is 13.0. The van der Waals surface area contributed by atoms with E-state index in [4.69, 9.17) is 21.1 Å². The SMILES string of the molecule is CCOc1ccc(S(=O)(=O)N2CCC[C@H](C(=O)N[C@H](C)COC)C2)cc1Cl. The monoisotopic (exact) mass is 418 g/mol. The summed E-state index contributed by atoms with van der Waals surface area (Å²) < 4.78 is 37.7. The Bertz CT molecular complexity index is 756. The van der Waals surface area contributed by atoms with Crippen LogP contribution in [0.4, 0.5) is 0 Å². The predicted molar refractivity (Wildman–Crippen MR) is 104 cm³/mol. The third-order valence-electron chi connectivity index (χ3n) is 4.40. The Hall–Kier alpha value is -1.35. The van der Waals surface area contributed by atoms with Crippen LogP contribution in [0.3, 0.4) is 0 Å². The highest BCUT2D eigenvalue weighted by Gasteiger charge is 2.34. The first-order valence-corrected chi connectivity index (χ1v) is 10.8. The van der Waals surface area contributed by atoms with Crippen LogP contribution in [0.1, 0.15) is 26.7 Å². The number of amides is 1. The molecule has 1 aromatic carbocycles. The lowest BCUT2D eigenvalue weighted by Crippen LogP contribution is -2.47. The van der Waals surface area contributed by atoms with E-state index in [1.165, 1.54) is 16.4 Å². The molecule has 2 rings (SSSR count). The minimum atomic E-state index is -3.73. The summed E-state index contributed by atoms with van der Waals surface area (Å²) in [6.07, 6.45) is 1.28. The maximum Gasteiger partial charge on any atom is 0.243 e. The number of rotatable bonds is 8. The van der Waals surface area contributed by atoms with Crippen molar-refractivity contribution in [1.82, 2.24) is 9.62 Å². The summed E-state index contributed by atoms with van der Waals surface area (Å²) >= 11 is 6.14. The smallest absolute Gasteiger partial charge is 0.243 e. The molecular weight excluding hydrogens is 392 g/mol. The van der Waals surface area contributed by atoms with E-state index in [0.29, 0.717) is 38.3 Å². The molecule has 1 aromatic rings. The van der Waals surface area contributed by atoms with E-state index in [1.807, 2.05) is 13.8 Å². The van der Waals surface area contributed by atoms with Gasteiger partial charge >= 0.3 is 0 Å². The zero-order valence-corrected chi connectivity index (χ0v) is 17.5. The van der Waals surface area contributed by atoms with Gasteiger partial charge in [-0.05, 0) is 44.9 Å². The number of sulfonamides is 1. The third kappa shape index (κ3) is 5.57. The van der Waals surface area contributed by atoms with Crippen molar-refractivity contribution in [3.05, 3.63) is 23.2 Å². The first-order chi connectivity index (χ1) is 12.8. The van der Waals surface area contributed by atoms with Gasteiger partial charge in [0.2, 0.25) is 15.9 Å². The number of ether oxygens (including phenoxy) is 2. The van der Waals surface area contributed by atoms with E-state index in [9.17, 15) is 13.2 Å². The molecule has 1 heterocycles. The Kier molecular flexibility index (Phi) is 7.91. The second-order valence-corrected chi connectivity index (χ2v) is 8.94. The van der Waals surface area contributed by atoms with Crippen LogP contribution in [0.25, 0.3) is 0 Å². The number of piperidine rings is 1. The van der Waals surface area contributed by atoms with Crippen LogP contribution in [0, 0.1) is 5.92 Å². The fourth-order valence-electron chi connectivity index (χ4n) is 3.09. The van der Waals surface area contributed by atoms with Gasteiger partial charge in [-0.1, -0.05) is 11.6 Å². The first-order valence-electron chi connectivity index (χ1n) is 9.01. The number of nitrogens with one attached hydrogen (secondary N) is 1. The normalized spacial score (nSPS) is 19.5. The molecule has 1 N–H and O–H groups in total. The summed E-state index contributed by atoms with van der Waals surface area (Å²) in [5.74, 6) is -0.0867. The van der Waals surface area contributed by atoms with Crippen molar-refractivity contribution in [3.63, 3.8) is 0 Å². The number of hydrogen-bond donors (Lipinski definition) is 1. The number of hydrogen-bond acceptors (Lipinski definition) is 5. The molecule has 0 aromatic heterocycles. The maximum atomic E-state index is 13.0. The van der Waals surface area contributed by atoms with Gasteiger partial charge < -0.3 is 14.8 Å². The van der Waals surface area contributed by atoms with Crippen LogP contribution in [-0.4, -0.2) is 58.1 Å². The molecule has 2 atom stereocenters. The van der Waals surface area contributed by atoms with Crippen molar-refractivity contribution in [2.24, 2.45) is 5.92 Å². The van der Waals surface area contributed by atoms with E-state index >= 15 is 0 Å². The Morgan fingerprint density at radius 3 is 2.81 bits per heavy atom. The number of carbonyl (C=O) groups excluding carboxylic acids is 1. The average Bonchev–Trinajstić information content (AvgIpc) is 2.63. The molecule has 0 spiro atoms. The minimum absolute atomic E-state index is 0.102. The van der Waals surface area contributed by atoms with Crippen molar-refractivity contribution in [1.29, 1.82) is 0 Å². The molecule has 1 saturated heterocycles. The topological polar surface area (TPSA) is 84.9 Å². The Morgan fingerprint density at radius 1 is 1.44 bits per heavy atom. The van der Waals surface area contributed by atoms with Crippen LogP contribution in [0.5, 0.6) is 5.75 Å². The Labute approximate surface area is 166 Å². The van der Waals surface area contributed by atoms with E-state index in [1.54, 1.807) is 13.2 Å². The van der Waals surface area contributed by atoms with Gasteiger partial charge in [0.25, 0.3) is 0 Å². The summed E-state index contributed by atoms with van der Waals surface area (Å²) in [5.41, 5.74) is 0. The molecule has 0 saturated carbocycles. The lowest BCUT2D eigenvalue weighted by molar-refractivity contribution is -0.127. The van der Waals surface area contributed by atoms with Gasteiger partial charge in [-0.2, -0.15) is 4.31 Å². The van der Waals surface area contributed by atoms with Crippen LogP contribution >= 0.6 is 11.6 Å². The van der Waals surface area contributed by atoms with Gasteiger partial charge in [-0.15, -0.1) is 0 Å². The van der Waals surface area contributed by atoms with Gasteiger partial charge in [0.05, 0.1) is 29.0 Å². The zero-order chi connectivity index (χ0) is 20.0. The molecule has 1 aliphatic rings. The lowest BCUT2D eigenvalue weighted by atomic mass is 9.98. The summed E-state index contributed by atoms with van der Waals surface area (Å²) in [5, 5.41) is 3.12. The first kappa shape index (κ1) is 21.9. The molecule has 7 nitrogen and oxygen atoms in total. The molecule has 0 unspecified atom stereocenters. The van der Waals surface area contributed by atoms with E-state index in [0.717, 1.165) is 0 Å². The molecule has 0 aliphatic carbocycles. The molecule has 1 aliphatic heterocycles. The van der Waals surface area contributed by atoms with Gasteiger partial charge in [0.15, 0.2) is 0 Å². The molecule has 9 heteroatoms. The number of benzene rings is 1. The van der Waals surface area contributed by atoms with Crippen LogP contribution in [0.15, 0.2) is 23.1 Å². The standard InChI is InChI=1S/C18H27ClN2O5S/c1-4-26-17-8-7-15(10-16(17)19)27(23,24)21-9-5-6-14(11-21)18(22)20-13(2)12-25-3/h7-8,10,13-14H,4-6,9,11-12H2,1-3H3,(H,20,22)/t13-,14+/m1/s1. The zero-order valence-electron chi connectivity index (χ0n) is 15.9. The summed E-state index contributed by atoms with van der Waals surface area (Å²) in [6, 6.07) is 4.31. The molecule has 0 bridgehead atoms. The van der Waals surface area contributed by atoms with Gasteiger partial charge in [0, 0.05) is 26.2 Å². The molecule has 27 heavy (non-hydrogen) atoms. The van der Waals surface area contributed by atoms with Crippen LogP contribution in [-0.2, 0) is 19.6 Å². The van der Waals surface area contributed by atoms with E-state index in [-0.39, 0.29) is 34.3 Å². The van der Waals surface area contributed by atoms with Crippen LogP contribution in [0.2, 0.25) is 5.02 Å². The number of carbonyl (C=O) groups is 1. The molecule has 1 amide bonds. The number of methoxy groups -OCH3 is 1. The lowest BCUT2D eigenvalue weighted by Gasteiger charge is -2.31. The predicted octanol–water partition coefficient (Wildman–Crippen LogP) is 2.29. The number of nitrogens with zero attached hydrogens (tertiary/aromatic N) is 1. The quantitative estimate of drug-likeness (QED) is 0.700. The van der Waals surface area contributed by atoms with Crippen LogP contribution < -0.4 is 10.1 Å². The van der Waals surface area contributed by atoms with Gasteiger partial charge in [0.1, 0.15) is 5.75 Å². The third-order valence-corrected chi connectivity index (χ3v) is 6.56. The van der Waals surface area contributed by atoms with Gasteiger partial charge in [-0.25, -0.2) is 8.42 Å². The molecule has 152 valence electrons. The van der Waals surface area contributed by atoms with Crippen molar-refractivity contribution >= 4 is 27.5 Å². The second kappa shape index (κ2) is 9.73. The minimum Gasteiger partial charge on any atom is -0.492 e. The second-order valence-electron chi connectivity index (χ2n) is 6.59. The highest BCUT2D eigenvalue weighted by atomic mass is 35.5. The summed E-state index contributed by atoms with van der Waals surface area (Å²) in [7, 11) is -2.16. The van der Waals surface area contributed by atoms with Crippen molar-refractivity contribution in [2.45, 2.75) is 37.6 Å². The fraction of sp³-hybridized carbons (Fsp3) is 0.611. The largest absolute Gasteiger partial charge is 0.492 e. The fourth-order valence-corrected chi connectivity index (χ4v) is 4.94. The highest BCUT2D eigenvalue weighted by Crippen LogP contribution is 2.30. The number of halogens is 1. The average molecular weight is 419 g/mol. The van der Waals surface area contributed by atoms with E-state index < -0.39 is 10.0 Å². The Balaban J connectivity index is 2.12. The molecule has 0 radical (unpaired) electrons. The Morgan fingerprint density at radius 2 is 2.19 bits per heavy atom. The van der Waals surface area contributed by atoms with Gasteiger partial charge in [-0.3, -0.25) is 4.79 Å².